The molecule has 0 radical (unpaired) electrons. The van der Waals surface area contributed by atoms with Crippen LogP contribution in [0.2, 0.25) is 0 Å². The third-order valence-corrected chi connectivity index (χ3v) is 5.82. The van der Waals surface area contributed by atoms with E-state index in [0.717, 1.165) is 31.9 Å². The summed E-state index contributed by atoms with van der Waals surface area (Å²) in [6.45, 7) is 9.02. The number of aliphatic imine (C=N–C) groups is 1. The Kier molecular flexibility index (Phi) is 8.57. The SMILES string of the molecule is CN=C(NCCOc1ccc(S(C)(=O)=O)cc1)NC1CCN(CC(C)C)CC1. The van der Waals surface area contributed by atoms with Crippen molar-refractivity contribution in [1.29, 1.82) is 0 Å². The Morgan fingerprint density at radius 1 is 1.25 bits per heavy atom. The number of likely N-dealkylation sites (tertiary alicyclic amines) is 1. The predicted octanol–water partition coefficient (Wildman–Crippen LogP) is 1.75. The molecule has 0 aliphatic carbocycles. The van der Waals surface area contributed by atoms with Gasteiger partial charge in [0, 0.05) is 39.0 Å². The molecule has 2 rings (SSSR count). The van der Waals surface area contributed by atoms with E-state index >= 15 is 0 Å². The highest BCUT2D eigenvalue weighted by Gasteiger charge is 2.20. The third kappa shape index (κ3) is 7.67. The lowest BCUT2D eigenvalue weighted by Crippen LogP contribution is -2.49. The summed E-state index contributed by atoms with van der Waals surface area (Å²) in [7, 11) is -1.41. The van der Waals surface area contributed by atoms with E-state index in [1.807, 2.05) is 0 Å². The summed E-state index contributed by atoms with van der Waals surface area (Å²) >= 11 is 0. The molecule has 7 nitrogen and oxygen atoms in total. The van der Waals surface area contributed by atoms with E-state index in [2.05, 4.69) is 34.4 Å². The summed E-state index contributed by atoms with van der Waals surface area (Å²) in [6, 6.07) is 6.91. The third-order valence-electron chi connectivity index (χ3n) is 4.69. The summed E-state index contributed by atoms with van der Waals surface area (Å²) in [6.07, 6.45) is 3.44. The van der Waals surface area contributed by atoms with Crippen LogP contribution in [-0.2, 0) is 9.84 Å². The molecule has 0 amide bonds. The van der Waals surface area contributed by atoms with E-state index < -0.39 is 9.84 Å². The first kappa shape index (κ1) is 22.5. The average molecular weight is 411 g/mol. The maximum Gasteiger partial charge on any atom is 0.191 e. The molecule has 0 aromatic heterocycles. The molecule has 28 heavy (non-hydrogen) atoms. The summed E-state index contributed by atoms with van der Waals surface area (Å²) in [5.41, 5.74) is 0. The predicted molar refractivity (Wildman–Crippen MR) is 114 cm³/mol. The van der Waals surface area contributed by atoms with Gasteiger partial charge in [0.25, 0.3) is 0 Å². The quantitative estimate of drug-likeness (QED) is 0.386. The fourth-order valence-electron chi connectivity index (χ4n) is 3.29. The zero-order valence-corrected chi connectivity index (χ0v) is 18.3. The van der Waals surface area contributed by atoms with Crippen LogP contribution in [0, 0.1) is 5.92 Å². The van der Waals surface area contributed by atoms with Crippen LogP contribution in [0.3, 0.4) is 0 Å². The molecule has 0 spiro atoms. The van der Waals surface area contributed by atoms with E-state index in [-0.39, 0.29) is 0 Å². The summed E-state index contributed by atoms with van der Waals surface area (Å²) in [5.74, 6) is 2.15. The van der Waals surface area contributed by atoms with Gasteiger partial charge in [-0.25, -0.2) is 8.42 Å². The molecule has 1 saturated heterocycles. The molecule has 0 saturated carbocycles. The van der Waals surface area contributed by atoms with Gasteiger partial charge in [-0.1, -0.05) is 13.8 Å². The highest BCUT2D eigenvalue weighted by Crippen LogP contribution is 2.15. The van der Waals surface area contributed by atoms with Gasteiger partial charge in [0.05, 0.1) is 11.4 Å². The number of piperidine rings is 1. The maximum absolute atomic E-state index is 11.5. The molecule has 1 aliphatic heterocycles. The smallest absolute Gasteiger partial charge is 0.191 e. The van der Waals surface area contributed by atoms with Crippen molar-refractivity contribution < 1.29 is 13.2 Å². The van der Waals surface area contributed by atoms with Crippen LogP contribution in [0.15, 0.2) is 34.2 Å². The minimum Gasteiger partial charge on any atom is -0.492 e. The van der Waals surface area contributed by atoms with Gasteiger partial charge in [-0.2, -0.15) is 0 Å². The number of ether oxygens (including phenoxy) is 1. The molecule has 0 atom stereocenters. The lowest BCUT2D eigenvalue weighted by atomic mass is 10.0. The van der Waals surface area contributed by atoms with Crippen molar-refractivity contribution in [1.82, 2.24) is 15.5 Å². The maximum atomic E-state index is 11.5. The normalized spacial score (nSPS) is 17.0. The Morgan fingerprint density at radius 2 is 1.89 bits per heavy atom. The minimum atomic E-state index is -3.18. The summed E-state index contributed by atoms with van der Waals surface area (Å²) < 4.78 is 28.6. The van der Waals surface area contributed by atoms with Gasteiger partial charge in [-0.15, -0.1) is 0 Å². The highest BCUT2D eigenvalue weighted by molar-refractivity contribution is 7.90. The molecule has 2 N–H and O–H groups in total. The topological polar surface area (TPSA) is 83.0 Å². The second kappa shape index (κ2) is 10.7. The number of hydrogen-bond donors (Lipinski definition) is 2. The Morgan fingerprint density at radius 3 is 2.43 bits per heavy atom. The second-order valence-electron chi connectivity index (χ2n) is 7.70. The van der Waals surface area contributed by atoms with E-state index in [1.165, 1.54) is 12.8 Å². The molecule has 8 heteroatoms. The van der Waals surface area contributed by atoms with Gasteiger partial charge in [0.2, 0.25) is 0 Å². The number of benzene rings is 1. The number of nitrogens with zero attached hydrogens (tertiary/aromatic N) is 2. The molecule has 1 fully saturated rings. The zero-order valence-electron chi connectivity index (χ0n) is 17.4. The van der Waals surface area contributed by atoms with Gasteiger partial charge in [0.15, 0.2) is 15.8 Å². The fourth-order valence-corrected chi connectivity index (χ4v) is 3.92. The first-order chi connectivity index (χ1) is 13.3. The Hall–Kier alpha value is -1.80. The van der Waals surface area contributed by atoms with Crippen molar-refractivity contribution in [2.24, 2.45) is 10.9 Å². The van der Waals surface area contributed by atoms with Crippen molar-refractivity contribution >= 4 is 15.8 Å². The van der Waals surface area contributed by atoms with Gasteiger partial charge >= 0.3 is 0 Å². The molecule has 1 aromatic carbocycles. The van der Waals surface area contributed by atoms with Crippen LogP contribution >= 0.6 is 0 Å². The van der Waals surface area contributed by atoms with Crippen molar-refractivity contribution in [3.05, 3.63) is 24.3 Å². The van der Waals surface area contributed by atoms with Crippen LogP contribution < -0.4 is 15.4 Å². The molecule has 1 aromatic rings. The van der Waals surface area contributed by atoms with Crippen molar-refractivity contribution in [3.8, 4) is 5.75 Å². The van der Waals surface area contributed by atoms with E-state index in [1.54, 1.807) is 31.3 Å². The number of sulfone groups is 1. The fraction of sp³-hybridized carbons (Fsp3) is 0.650. The van der Waals surface area contributed by atoms with Crippen molar-refractivity contribution in [2.45, 2.75) is 37.6 Å². The van der Waals surface area contributed by atoms with Gasteiger partial charge in [-0.05, 0) is 43.0 Å². The van der Waals surface area contributed by atoms with Gasteiger partial charge in [0.1, 0.15) is 12.4 Å². The first-order valence-electron chi connectivity index (χ1n) is 9.90. The van der Waals surface area contributed by atoms with Crippen molar-refractivity contribution in [3.63, 3.8) is 0 Å². The van der Waals surface area contributed by atoms with Crippen LogP contribution in [0.4, 0.5) is 0 Å². The summed E-state index contributed by atoms with van der Waals surface area (Å²) in [4.78, 5) is 7.11. The average Bonchev–Trinajstić information content (AvgIpc) is 2.65. The monoisotopic (exact) mass is 410 g/mol. The number of rotatable bonds is 8. The Bertz CT molecular complexity index is 724. The van der Waals surface area contributed by atoms with Crippen LogP contribution in [0.5, 0.6) is 5.75 Å². The molecule has 0 unspecified atom stereocenters. The molecule has 1 aliphatic rings. The number of nitrogens with one attached hydrogen (secondary N) is 2. The standard InChI is InChI=1S/C20H34N4O3S/c1-16(2)15-24-12-9-17(10-13-24)23-20(21-3)22-11-14-27-18-5-7-19(8-6-18)28(4,25)26/h5-8,16-17H,9-15H2,1-4H3,(H2,21,22,23). The van der Waals surface area contributed by atoms with E-state index in [4.69, 9.17) is 4.74 Å². The Labute approximate surface area is 169 Å². The number of hydrogen-bond acceptors (Lipinski definition) is 5. The van der Waals surface area contributed by atoms with Crippen molar-refractivity contribution in [2.75, 3.05) is 46.1 Å². The van der Waals surface area contributed by atoms with Crippen LogP contribution in [0.25, 0.3) is 0 Å². The molecule has 0 bridgehead atoms. The second-order valence-corrected chi connectivity index (χ2v) is 9.72. The van der Waals surface area contributed by atoms with Crippen LogP contribution in [-0.4, -0.2) is 71.4 Å². The highest BCUT2D eigenvalue weighted by atomic mass is 32.2. The first-order valence-corrected chi connectivity index (χ1v) is 11.8. The molecule has 158 valence electrons. The zero-order chi connectivity index (χ0) is 20.6. The lowest BCUT2D eigenvalue weighted by Gasteiger charge is -2.33. The molecule has 1 heterocycles. The van der Waals surface area contributed by atoms with Crippen LogP contribution in [0.1, 0.15) is 26.7 Å². The van der Waals surface area contributed by atoms with Gasteiger partial charge < -0.3 is 20.3 Å². The largest absolute Gasteiger partial charge is 0.492 e. The Balaban J connectivity index is 1.67. The molecular weight excluding hydrogens is 376 g/mol. The minimum absolute atomic E-state index is 0.294. The summed E-state index contributed by atoms with van der Waals surface area (Å²) in [5, 5.41) is 6.76. The number of guanidine groups is 1. The molecular formula is C20H34N4O3S. The lowest BCUT2D eigenvalue weighted by molar-refractivity contribution is 0.186. The van der Waals surface area contributed by atoms with E-state index in [0.29, 0.717) is 35.8 Å². The van der Waals surface area contributed by atoms with Gasteiger partial charge in [-0.3, -0.25) is 4.99 Å². The van der Waals surface area contributed by atoms with E-state index in [9.17, 15) is 8.42 Å².